The highest BCUT2D eigenvalue weighted by atomic mass is 33.7. The van der Waals surface area contributed by atoms with Gasteiger partial charge in [0.2, 0.25) is 0 Å². The normalized spacial score (nSPS) is 12.1. The number of rotatable bonds is 10. The van der Waals surface area contributed by atoms with Crippen molar-refractivity contribution >= 4 is 71.1 Å². The van der Waals surface area contributed by atoms with Crippen molar-refractivity contribution in [1.29, 1.82) is 0 Å². The van der Waals surface area contributed by atoms with Gasteiger partial charge >= 0.3 is 0 Å². The van der Waals surface area contributed by atoms with Crippen LogP contribution in [0.2, 0.25) is 19.1 Å². The molecule has 22 heavy (non-hydrogen) atoms. The first kappa shape index (κ1) is 19.0. The van der Waals surface area contributed by atoms with E-state index in [1.807, 2.05) is 36.5 Å². The van der Waals surface area contributed by atoms with Gasteiger partial charge in [0.15, 0.2) is 12.7 Å². The number of benzene rings is 1. The molecule has 122 valence electrons. The minimum absolute atomic E-state index is 0.857. The first-order valence-electron chi connectivity index (χ1n) is 7.23. The Labute approximate surface area is 153 Å². The van der Waals surface area contributed by atoms with Crippen LogP contribution < -0.4 is 0 Å². The third-order valence-corrected chi connectivity index (χ3v) is 13.3. The van der Waals surface area contributed by atoms with E-state index in [1.54, 1.807) is 22.1 Å². The molecule has 1 aromatic heterocycles. The van der Waals surface area contributed by atoms with Crippen molar-refractivity contribution in [3.8, 4) is 0 Å². The molecule has 2 nitrogen and oxygen atoms in total. The van der Waals surface area contributed by atoms with E-state index < -0.39 is 8.32 Å². The number of fused-ring (bicyclic) bond motifs is 1. The molecule has 2 aromatic rings. The molecule has 2 rings (SSSR count). The summed E-state index contributed by atoms with van der Waals surface area (Å²) in [5.74, 6) is 1.20. The molecule has 0 radical (unpaired) electrons. The van der Waals surface area contributed by atoms with Gasteiger partial charge in [0.05, 0.1) is 10.2 Å². The summed E-state index contributed by atoms with van der Waals surface area (Å²) in [5, 5.41) is 0. The summed E-state index contributed by atoms with van der Waals surface area (Å²) >= 11 is 1.77. The topological polar surface area (TPSA) is 22.1 Å². The number of aromatic nitrogens is 1. The van der Waals surface area contributed by atoms with Crippen LogP contribution in [0.5, 0.6) is 0 Å². The van der Waals surface area contributed by atoms with Crippen LogP contribution in [0.25, 0.3) is 10.2 Å². The Morgan fingerprint density at radius 2 is 2.05 bits per heavy atom. The van der Waals surface area contributed by atoms with E-state index in [0.717, 1.165) is 16.5 Å². The minimum atomic E-state index is -1.39. The summed E-state index contributed by atoms with van der Waals surface area (Å²) < 4.78 is 8.26. The molecule has 1 aromatic carbocycles. The lowest BCUT2D eigenvalue weighted by Gasteiger charge is -2.21. The van der Waals surface area contributed by atoms with Gasteiger partial charge in [0.25, 0.3) is 0 Å². The molecule has 0 fully saturated rings. The highest BCUT2D eigenvalue weighted by molar-refractivity contribution is 9.26. The van der Waals surface area contributed by atoms with Crippen molar-refractivity contribution in [2.45, 2.75) is 36.8 Å². The largest absolute Gasteiger partial charge is 0.418 e. The molecule has 0 amide bonds. The third-order valence-electron chi connectivity index (χ3n) is 3.00. The van der Waals surface area contributed by atoms with E-state index in [9.17, 15) is 0 Å². The number of hydrogen-bond acceptors (Lipinski definition) is 7. The fourth-order valence-electron chi connectivity index (χ4n) is 2.00. The van der Waals surface area contributed by atoms with Gasteiger partial charge in [0.1, 0.15) is 0 Å². The zero-order valence-corrected chi connectivity index (χ0v) is 18.1. The zero-order valence-electron chi connectivity index (χ0n) is 13.0. The van der Waals surface area contributed by atoms with Crippen molar-refractivity contribution in [3.63, 3.8) is 0 Å². The van der Waals surface area contributed by atoms with Crippen molar-refractivity contribution in [2.24, 2.45) is 0 Å². The molecule has 0 aliphatic rings. The fourth-order valence-corrected chi connectivity index (χ4v) is 11.6. The maximum Gasteiger partial charge on any atom is 0.186 e. The van der Waals surface area contributed by atoms with Crippen LogP contribution in [0.15, 0.2) is 28.6 Å². The predicted octanol–water partition coefficient (Wildman–Crippen LogP) is 6.96. The highest BCUT2D eigenvalue weighted by Crippen LogP contribution is 2.48. The maximum absolute atomic E-state index is 5.85. The van der Waals surface area contributed by atoms with Gasteiger partial charge in [-0.3, -0.25) is 0 Å². The summed E-state index contributed by atoms with van der Waals surface area (Å²) in [6.45, 7) is 7.57. The molecule has 0 atom stereocenters. The first-order chi connectivity index (χ1) is 10.6. The molecule has 0 spiro atoms. The van der Waals surface area contributed by atoms with Gasteiger partial charge in [-0.1, -0.05) is 22.9 Å². The van der Waals surface area contributed by atoms with Crippen LogP contribution in [-0.4, -0.2) is 25.7 Å². The van der Waals surface area contributed by atoms with E-state index >= 15 is 0 Å². The zero-order chi connectivity index (χ0) is 15.8. The summed E-state index contributed by atoms with van der Waals surface area (Å²) in [6, 6.07) is 9.57. The molecule has 0 aliphatic carbocycles. The van der Waals surface area contributed by atoms with Crippen LogP contribution in [0.4, 0.5) is 0 Å². The van der Waals surface area contributed by atoms with Gasteiger partial charge in [-0.15, -0.1) is 11.3 Å². The van der Waals surface area contributed by atoms with Crippen LogP contribution in [0.3, 0.4) is 0 Å². The minimum Gasteiger partial charge on any atom is -0.418 e. The standard InChI is InChI=1S/C14H21NOS5Si/c1-4-16-22(2,3)11-7-10-17-20-21-19-14-15-12-8-5-6-9-13(12)18-14/h5-6,8-9H,4,7,10-11H2,1-3H3. The second kappa shape index (κ2) is 9.86. The predicted molar refractivity (Wildman–Crippen MR) is 112 cm³/mol. The molecular weight excluding hydrogens is 387 g/mol. The maximum atomic E-state index is 5.85. The molecular formula is C14H21NOS5Si. The Kier molecular flexibility index (Phi) is 8.52. The number of hydrogen-bond donors (Lipinski definition) is 0. The second-order valence-electron chi connectivity index (χ2n) is 5.29. The van der Waals surface area contributed by atoms with Gasteiger partial charge in [0, 0.05) is 12.4 Å². The quantitative estimate of drug-likeness (QED) is 0.239. The van der Waals surface area contributed by atoms with Gasteiger partial charge in [-0.05, 0) is 75.1 Å². The summed E-state index contributed by atoms with van der Waals surface area (Å²) in [7, 11) is 6.00. The molecule has 0 saturated heterocycles. The number of para-hydroxylation sites is 1. The Balaban J connectivity index is 1.58. The Morgan fingerprint density at radius 1 is 1.23 bits per heavy atom. The average Bonchev–Trinajstić information content (AvgIpc) is 2.88. The summed E-state index contributed by atoms with van der Waals surface area (Å²) in [4.78, 5) is 4.63. The second-order valence-corrected chi connectivity index (χ2v) is 16.8. The Morgan fingerprint density at radius 3 is 2.82 bits per heavy atom. The SMILES string of the molecule is CCO[Si](C)(C)CCCSSSSc1nc2ccccc2s1. The average molecular weight is 408 g/mol. The molecule has 0 aliphatic heterocycles. The highest BCUT2D eigenvalue weighted by Gasteiger charge is 2.20. The number of thiazole rings is 1. The smallest absolute Gasteiger partial charge is 0.186 e. The summed E-state index contributed by atoms with van der Waals surface area (Å²) in [5.41, 5.74) is 1.11. The third kappa shape index (κ3) is 6.66. The fraction of sp³-hybridized carbons (Fsp3) is 0.500. The monoisotopic (exact) mass is 407 g/mol. The molecule has 0 bridgehead atoms. The first-order valence-corrected chi connectivity index (χ1v) is 16.1. The van der Waals surface area contributed by atoms with E-state index in [4.69, 9.17) is 4.43 Å². The molecule has 8 heteroatoms. The molecule has 1 heterocycles. The van der Waals surface area contributed by atoms with Crippen LogP contribution in [-0.2, 0) is 4.43 Å². The lowest BCUT2D eigenvalue weighted by atomic mass is 10.3. The Hall–Kier alpha value is 0.687. The lowest BCUT2D eigenvalue weighted by molar-refractivity contribution is 0.328. The molecule has 0 unspecified atom stereocenters. The summed E-state index contributed by atoms with van der Waals surface area (Å²) in [6.07, 6.45) is 1.25. The molecule has 0 saturated carbocycles. The Bertz CT molecular complexity index is 544. The van der Waals surface area contributed by atoms with Gasteiger partial charge in [-0.2, -0.15) is 0 Å². The van der Waals surface area contributed by atoms with E-state index in [2.05, 4.69) is 43.2 Å². The van der Waals surface area contributed by atoms with Crippen molar-refractivity contribution in [1.82, 2.24) is 4.98 Å². The van der Waals surface area contributed by atoms with Gasteiger partial charge < -0.3 is 4.43 Å². The van der Waals surface area contributed by atoms with Crippen LogP contribution in [0, 0.1) is 0 Å². The lowest BCUT2D eigenvalue weighted by Crippen LogP contribution is -2.30. The molecule has 0 N–H and O–H groups in total. The number of nitrogens with zero attached hydrogens (tertiary/aromatic N) is 1. The van der Waals surface area contributed by atoms with Gasteiger partial charge in [-0.25, -0.2) is 4.98 Å². The van der Waals surface area contributed by atoms with Crippen molar-refractivity contribution < 1.29 is 4.43 Å². The van der Waals surface area contributed by atoms with E-state index in [0.29, 0.717) is 0 Å². The van der Waals surface area contributed by atoms with E-state index in [1.165, 1.54) is 22.9 Å². The van der Waals surface area contributed by atoms with Crippen LogP contribution in [0.1, 0.15) is 13.3 Å². The van der Waals surface area contributed by atoms with E-state index in [-0.39, 0.29) is 0 Å². The van der Waals surface area contributed by atoms with Crippen molar-refractivity contribution in [2.75, 3.05) is 12.4 Å². The van der Waals surface area contributed by atoms with Crippen LogP contribution >= 0.6 is 52.6 Å². The van der Waals surface area contributed by atoms with Crippen molar-refractivity contribution in [3.05, 3.63) is 24.3 Å².